The topological polar surface area (TPSA) is 117 Å². The molecule has 0 spiro atoms. The maximum atomic E-state index is 10.4. The van der Waals surface area contributed by atoms with Crippen molar-refractivity contribution < 1.29 is 29.9 Å². The average Bonchev–Trinajstić information content (AvgIpc) is 3.12. The number of aryl methyl sites for hydroxylation is 1. The number of para-hydroxylation sites is 2. The van der Waals surface area contributed by atoms with Gasteiger partial charge in [0.1, 0.15) is 42.2 Å². The summed E-state index contributed by atoms with van der Waals surface area (Å²) < 4.78 is 13.5. The molecular weight excluding hydrogens is 420 g/mol. The lowest BCUT2D eigenvalue weighted by Crippen LogP contribution is -2.57. The maximum absolute atomic E-state index is 10.4. The molecule has 2 aromatic carbocycles. The second-order valence-electron chi connectivity index (χ2n) is 7.51. The van der Waals surface area contributed by atoms with Gasteiger partial charge in [0.25, 0.3) is 0 Å². The second kappa shape index (κ2) is 9.56. The first kappa shape index (κ1) is 22.1. The summed E-state index contributed by atoms with van der Waals surface area (Å²) in [5, 5.41) is 40.5. The van der Waals surface area contributed by atoms with E-state index < -0.39 is 36.5 Å². The fourth-order valence-corrected chi connectivity index (χ4v) is 4.69. The van der Waals surface area contributed by atoms with Crippen LogP contribution in [0.3, 0.4) is 0 Å². The summed E-state index contributed by atoms with van der Waals surface area (Å²) in [6.07, 6.45) is -5.11. The van der Waals surface area contributed by atoms with Gasteiger partial charge >= 0.3 is 0 Å². The van der Waals surface area contributed by atoms with Crippen LogP contribution < -0.4 is 4.74 Å². The van der Waals surface area contributed by atoms with E-state index in [2.05, 4.69) is 4.98 Å². The van der Waals surface area contributed by atoms with Crippen LogP contribution in [0, 0.1) is 6.92 Å². The first-order valence-electron chi connectivity index (χ1n) is 10.1. The molecule has 0 amide bonds. The molecule has 0 saturated carbocycles. The number of nitrogens with zero attached hydrogens (tertiary/aromatic N) is 2. The Labute approximate surface area is 184 Å². The Morgan fingerprint density at radius 2 is 1.77 bits per heavy atom. The van der Waals surface area contributed by atoms with E-state index in [9.17, 15) is 20.4 Å². The van der Waals surface area contributed by atoms with E-state index in [1.807, 2.05) is 60.0 Å². The fourth-order valence-electron chi connectivity index (χ4n) is 3.52. The van der Waals surface area contributed by atoms with Crippen molar-refractivity contribution in [3.8, 4) is 5.75 Å². The van der Waals surface area contributed by atoms with Gasteiger partial charge in [-0.25, -0.2) is 4.98 Å². The van der Waals surface area contributed by atoms with Crippen molar-refractivity contribution >= 4 is 22.8 Å². The van der Waals surface area contributed by atoms with E-state index >= 15 is 0 Å². The molecule has 1 aliphatic rings. The number of benzene rings is 2. The van der Waals surface area contributed by atoms with Crippen LogP contribution in [0.25, 0.3) is 11.0 Å². The van der Waals surface area contributed by atoms with Crippen molar-refractivity contribution in [2.45, 2.75) is 48.5 Å². The van der Waals surface area contributed by atoms with Crippen molar-refractivity contribution in [3.63, 3.8) is 0 Å². The van der Waals surface area contributed by atoms with Crippen LogP contribution in [-0.4, -0.2) is 73.0 Å². The lowest BCUT2D eigenvalue weighted by atomic mass is 10.0. The third kappa shape index (κ3) is 4.72. The summed E-state index contributed by atoms with van der Waals surface area (Å²) >= 11 is 1.14. The van der Waals surface area contributed by atoms with Crippen LogP contribution in [0.1, 0.15) is 5.56 Å². The van der Waals surface area contributed by atoms with E-state index in [4.69, 9.17) is 9.47 Å². The Hall–Kier alpha value is -2.14. The molecule has 1 aliphatic heterocycles. The highest BCUT2D eigenvalue weighted by atomic mass is 32.2. The summed E-state index contributed by atoms with van der Waals surface area (Å²) in [6.45, 7) is 2.46. The molecule has 2 heterocycles. The quantitative estimate of drug-likeness (QED) is 0.429. The first-order chi connectivity index (χ1) is 15.0. The lowest BCUT2D eigenvalue weighted by Gasteiger charge is -2.39. The number of aliphatic hydroxyl groups is 4. The van der Waals surface area contributed by atoms with E-state index in [1.165, 1.54) is 0 Å². The molecule has 166 valence electrons. The predicted octanol–water partition coefficient (Wildman–Crippen LogP) is 1.32. The normalized spacial score (nSPS) is 26.3. The van der Waals surface area contributed by atoms with Crippen LogP contribution in [0.4, 0.5) is 0 Å². The van der Waals surface area contributed by atoms with Gasteiger partial charge in [-0.15, -0.1) is 0 Å². The Balaban J connectivity index is 1.54. The predicted molar refractivity (Wildman–Crippen MR) is 116 cm³/mol. The van der Waals surface area contributed by atoms with E-state index in [1.54, 1.807) is 0 Å². The van der Waals surface area contributed by atoms with E-state index in [-0.39, 0.29) is 0 Å². The minimum atomic E-state index is -1.42. The van der Waals surface area contributed by atoms with Gasteiger partial charge in [0, 0.05) is 0 Å². The van der Waals surface area contributed by atoms with Crippen LogP contribution in [0.15, 0.2) is 53.7 Å². The Morgan fingerprint density at radius 1 is 1.03 bits per heavy atom. The molecule has 4 rings (SSSR count). The Morgan fingerprint density at radius 3 is 2.52 bits per heavy atom. The van der Waals surface area contributed by atoms with Crippen LogP contribution in [0.2, 0.25) is 0 Å². The zero-order valence-electron chi connectivity index (χ0n) is 17.0. The number of imidazole rings is 1. The summed E-state index contributed by atoms with van der Waals surface area (Å²) in [5.41, 5.74) is 1.95. The zero-order valence-corrected chi connectivity index (χ0v) is 17.9. The minimum Gasteiger partial charge on any atom is -0.492 e. The number of hydrogen-bond acceptors (Lipinski definition) is 8. The Bertz CT molecular complexity index is 1010. The van der Waals surface area contributed by atoms with Gasteiger partial charge in [-0.2, -0.15) is 0 Å². The SMILES string of the molecule is Cc1ccc(OCCn2c(SC3OC(CO)C(O)C(O)C3O)nc3ccccc32)cc1. The standard InChI is InChI=1S/C22H26N2O6S/c1-13-6-8-14(9-7-13)29-11-10-24-16-5-3-2-4-15(16)23-22(24)31-21-20(28)19(27)18(26)17(12-25)30-21/h2-9,17-21,25-28H,10-12H2,1H3. The number of hydrogen-bond donors (Lipinski definition) is 4. The van der Waals surface area contributed by atoms with Crippen molar-refractivity contribution in [1.29, 1.82) is 0 Å². The first-order valence-corrected chi connectivity index (χ1v) is 11.0. The van der Waals surface area contributed by atoms with Crippen molar-refractivity contribution in [2.75, 3.05) is 13.2 Å². The highest BCUT2D eigenvalue weighted by molar-refractivity contribution is 7.99. The summed E-state index contributed by atoms with van der Waals surface area (Å²) in [5.74, 6) is 0.776. The zero-order chi connectivity index (χ0) is 22.0. The number of thioether (sulfide) groups is 1. The molecule has 1 saturated heterocycles. The molecular formula is C22H26N2O6S. The third-order valence-electron chi connectivity index (χ3n) is 5.29. The van der Waals surface area contributed by atoms with Gasteiger partial charge in [-0.3, -0.25) is 0 Å². The average molecular weight is 447 g/mol. The molecule has 0 aliphatic carbocycles. The van der Waals surface area contributed by atoms with E-state index in [0.29, 0.717) is 18.3 Å². The van der Waals surface area contributed by atoms with Gasteiger partial charge in [0.2, 0.25) is 0 Å². The third-order valence-corrected chi connectivity index (χ3v) is 6.44. The number of rotatable bonds is 7. The van der Waals surface area contributed by atoms with Crippen LogP contribution >= 0.6 is 11.8 Å². The highest BCUT2D eigenvalue weighted by Crippen LogP contribution is 2.34. The fraction of sp³-hybridized carbons (Fsp3) is 0.409. The summed E-state index contributed by atoms with van der Waals surface area (Å²) in [4.78, 5) is 4.65. The molecule has 0 bridgehead atoms. The molecule has 4 N–H and O–H groups in total. The van der Waals surface area contributed by atoms with Gasteiger partial charge in [0.05, 0.1) is 24.2 Å². The molecule has 1 fully saturated rings. The lowest BCUT2D eigenvalue weighted by molar-refractivity contribution is -0.205. The largest absolute Gasteiger partial charge is 0.492 e. The number of ether oxygens (including phenoxy) is 2. The number of fused-ring (bicyclic) bond motifs is 1. The Kier molecular flexibility index (Phi) is 6.80. The smallest absolute Gasteiger partial charge is 0.171 e. The van der Waals surface area contributed by atoms with Gasteiger partial charge in [-0.1, -0.05) is 41.6 Å². The maximum Gasteiger partial charge on any atom is 0.171 e. The van der Waals surface area contributed by atoms with Gasteiger partial charge in [0.15, 0.2) is 5.16 Å². The monoisotopic (exact) mass is 446 g/mol. The van der Waals surface area contributed by atoms with Crippen molar-refractivity contribution in [2.24, 2.45) is 0 Å². The highest BCUT2D eigenvalue weighted by Gasteiger charge is 2.44. The molecule has 5 atom stereocenters. The molecule has 1 aromatic heterocycles. The van der Waals surface area contributed by atoms with Crippen molar-refractivity contribution in [1.82, 2.24) is 9.55 Å². The van der Waals surface area contributed by atoms with Crippen LogP contribution in [-0.2, 0) is 11.3 Å². The number of aromatic nitrogens is 2. The summed E-state index contributed by atoms with van der Waals surface area (Å²) in [7, 11) is 0. The molecule has 8 nitrogen and oxygen atoms in total. The number of aliphatic hydroxyl groups excluding tert-OH is 4. The molecule has 9 heteroatoms. The van der Waals surface area contributed by atoms with Gasteiger partial charge in [-0.05, 0) is 31.2 Å². The second-order valence-corrected chi connectivity index (χ2v) is 8.58. The van der Waals surface area contributed by atoms with Crippen LogP contribution in [0.5, 0.6) is 5.75 Å². The minimum absolute atomic E-state index is 0.408. The summed E-state index contributed by atoms with van der Waals surface area (Å²) in [6, 6.07) is 15.5. The van der Waals surface area contributed by atoms with Crippen molar-refractivity contribution in [3.05, 3.63) is 54.1 Å². The van der Waals surface area contributed by atoms with E-state index in [0.717, 1.165) is 34.1 Å². The molecule has 3 aromatic rings. The van der Waals surface area contributed by atoms with Gasteiger partial charge < -0.3 is 34.5 Å². The molecule has 31 heavy (non-hydrogen) atoms. The molecule has 5 unspecified atom stereocenters. The molecule has 0 radical (unpaired) electrons.